The van der Waals surface area contributed by atoms with Crippen molar-refractivity contribution in [2.24, 2.45) is 0 Å². The molecular formula is C30H31N7O2. The molecule has 0 aliphatic heterocycles. The fraction of sp³-hybridized carbons (Fsp3) is 0.200. The molecule has 2 aromatic heterocycles. The molecule has 0 saturated heterocycles. The molecule has 0 atom stereocenters. The Morgan fingerprint density at radius 1 is 1.08 bits per heavy atom. The zero-order chi connectivity index (χ0) is 27.2. The molecule has 0 fully saturated rings. The van der Waals surface area contributed by atoms with E-state index in [1.165, 1.54) is 18.0 Å². The van der Waals surface area contributed by atoms with Gasteiger partial charge >= 0.3 is 0 Å². The van der Waals surface area contributed by atoms with Gasteiger partial charge in [-0.2, -0.15) is 5.10 Å². The lowest BCUT2D eigenvalue weighted by Crippen LogP contribution is -2.13. The number of benzene rings is 3. The first-order chi connectivity index (χ1) is 19.0. The predicted octanol–water partition coefficient (Wildman–Crippen LogP) is 5.23. The minimum absolute atomic E-state index is 0.235. The van der Waals surface area contributed by atoms with Crippen molar-refractivity contribution in [1.29, 1.82) is 0 Å². The molecule has 198 valence electrons. The molecule has 9 nitrogen and oxygen atoms in total. The van der Waals surface area contributed by atoms with E-state index in [1.807, 2.05) is 85.3 Å². The fourth-order valence-electron chi connectivity index (χ4n) is 4.28. The van der Waals surface area contributed by atoms with Crippen molar-refractivity contribution in [3.05, 3.63) is 90.9 Å². The fourth-order valence-corrected chi connectivity index (χ4v) is 4.28. The Balaban J connectivity index is 1.42. The highest BCUT2D eigenvalue weighted by Gasteiger charge is 2.13. The van der Waals surface area contributed by atoms with E-state index in [4.69, 9.17) is 4.74 Å². The van der Waals surface area contributed by atoms with Crippen LogP contribution < -0.4 is 15.4 Å². The summed E-state index contributed by atoms with van der Waals surface area (Å²) in [6.07, 6.45) is 6.71. The second kappa shape index (κ2) is 11.7. The molecule has 0 aliphatic carbocycles. The largest absolute Gasteiger partial charge is 0.492 e. The summed E-state index contributed by atoms with van der Waals surface area (Å²) >= 11 is 0. The van der Waals surface area contributed by atoms with E-state index in [-0.39, 0.29) is 5.91 Å². The Labute approximate surface area is 227 Å². The second-order valence-electron chi connectivity index (χ2n) is 9.36. The molecule has 1 amide bonds. The summed E-state index contributed by atoms with van der Waals surface area (Å²) in [5.74, 6) is 0.940. The van der Waals surface area contributed by atoms with Gasteiger partial charge in [0.1, 0.15) is 17.9 Å². The lowest BCUT2D eigenvalue weighted by atomic mass is 10.1. The Morgan fingerprint density at radius 2 is 1.92 bits per heavy atom. The third kappa shape index (κ3) is 6.22. The first kappa shape index (κ1) is 25.9. The van der Waals surface area contributed by atoms with Crippen molar-refractivity contribution >= 4 is 44.9 Å². The summed E-state index contributed by atoms with van der Waals surface area (Å²) in [6, 6.07) is 20.0. The standard InChI is InChI=1S/C30H31N7O2/c1-4-39-28-17-25-24(16-26(28)35-29(38)11-8-14-36(2)3)30(32-20-31-25)34-23-12-13-27-22(15-23)18-33-37(27)19-21-9-6-5-7-10-21/h5-13,15-18,20H,4,14,19H2,1-3H3,(H,35,38)(H,31,32,34). The number of fused-ring (bicyclic) bond motifs is 2. The molecule has 5 rings (SSSR count). The van der Waals surface area contributed by atoms with Crippen LogP contribution in [-0.2, 0) is 11.3 Å². The SMILES string of the molecule is CCOc1cc2ncnc(Nc3ccc4c(cnn4Cc4ccccc4)c3)c2cc1NC(=O)C=CCN(C)C. The molecule has 0 bridgehead atoms. The number of hydrogen-bond acceptors (Lipinski definition) is 7. The van der Waals surface area contributed by atoms with Crippen LogP contribution in [0.2, 0.25) is 0 Å². The third-order valence-corrected chi connectivity index (χ3v) is 6.11. The van der Waals surface area contributed by atoms with Crippen molar-refractivity contribution in [2.75, 3.05) is 37.9 Å². The predicted molar refractivity (Wildman–Crippen MR) is 156 cm³/mol. The highest BCUT2D eigenvalue weighted by atomic mass is 16.5. The van der Waals surface area contributed by atoms with Crippen LogP contribution in [0.4, 0.5) is 17.2 Å². The molecule has 0 aliphatic rings. The van der Waals surface area contributed by atoms with Crippen molar-refractivity contribution in [3.63, 3.8) is 0 Å². The Bertz CT molecular complexity index is 1630. The van der Waals surface area contributed by atoms with Gasteiger partial charge < -0.3 is 20.3 Å². The smallest absolute Gasteiger partial charge is 0.248 e. The summed E-state index contributed by atoms with van der Waals surface area (Å²) in [6.45, 7) is 3.73. The van der Waals surface area contributed by atoms with Gasteiger partial charge in [-0.3, -0.25) is 9.48 Å². The van der Waals surface area contributed by atoms with Gasteiger partial charge in [-0.05, 0) is 50.8 Å². The summed E-state index contributed by atoms with van der Waals surface area (Å²) in [4.78, 5) is 23.5. The number of nitrogens with one attached hydrogen (secondary N) is 2. The zero-order valence-electron chi connectivity index (χ0n) is 22.3. The highest BCUT2D eigenvalue weighted by molar-refractivity contribution is 6.03. The minimum Gasteiger partial charge on any atom is -0.492 e. The molecule has 0 radical (unpaired) electrons. The van der Waals surface area contributed by atoms with Crippen molar-refractivity contribution in [2.45, 2.75) is 13.5 Å². The number of likely N-dealkylation sites (N-methyl/N-ethyl adjacent to an activating group) is 1. The van der Waals surface area contributed by atoms with Crippen molar-refractivity contribution < 1.29 is 9.53 Å². The van der Waals surface area contributed by atoms with Gasteiger partial charge in [-0.25, -0.2) is 9.97 Å². The maximum absolute atomic E-state index is 12.6. The van der Waals surface area contributed by atoms with Crippen molar-refractivity contribution in [3.8, 4) is 5.75 Å². The number of carbonyl (C=O) groups excluding carboxylic acids is 1. The maximum Gasteiger partial charge on any atom is 0.248 e. The van der Waals surface area contributed by atoms with Gasteiger partial charge in [0.2, 0.25) is 5.91 Å². The lowest BCUT2D eigenvalue weighted by molar-refractivity contribution is -0.111. The van der Waals surface area contributed by atoms with Crippen LogP contribution in [0, 0.1) is 0 Å². The first-order valence-electron chi connectivity index (χ1n) is 12.8. The number of anilines is 3. The highest BCUT2D eigenvalue weighted by Crippen LogP contribution is 2.34. The van der Waals surface area contributed by atoms with Crippen LogP contribution >= 0.6 is 0 Å². The molecule has 9 heteroatoms. The Morgan fingerprint density at radius 3 is 2.72 bits per heavy atom. The van der Waals surface area contributed by atoms with Gasteiger partial charge in [-0.1, -0.05) is 36.4 Å². The molecule has 2 N–H and O–H groups in total. The summed E-state index contributed by atoms with van der Waals surface area (Å²) in [5, 5.41) is 12.7. The van der Waals surface area contributed by atoms with E-state index in [0.717, 1.165) is 22.0 Å². The minimum atomic E-state index is -0.235. The van der Waals surface area contributed by atoms with Gasteiger partial charge in [-0.15, -0.1) is 0 Å². The van der Waals surface area contributed by atoms with Crippen LogP contribution in [0.15, 0.2) is 85.3 Å². The van der Waals surface area contributed by atoms with Crippen molar-refractivity contribution in [1.82, 2.24) is 24.6 Å². The quantitative estimate of drug-likeness (QED) is 0.243. The monoisotopic (exact) mass is 521 g/mol. The van der Waals surface area contributed by atoms with Crippen LogP contribution in [-0.4, -0.2) is 57.8 Å². The number of carbonyl (C=O) groups is 1. The molecule has 39 heavy (non-hydrogen) atoms. The Kier molecular flexibility index (Phi) is 7.79. The van der Waals surface area contributed by atoms with E-state index in [9.17, 15) is 4.79 Å². The van der Waals surface area contributed by atoms with E-state index in [2.05, 4.69) is 43.9 Å². The molecule has 0 unspecified atom stereocenters. The average molecular weight is 522 g/mol. The van der Waals surface area contributed by atoms with E-state index < -0.39 is 0 Å². The van der Waals surface area contributed by atoms with Crippen LogP contribution in [0.1, 0.15) is 12.5 Å². The molecule has 5 aromatic rings. The van der Waals surface area contributed by atoms with Gasteiger partial charge in [0.25, 0.3) is 0 Å². The second-order valence-corrected chi connectivity index (χ2v) is 9.36. The Hall–Kier alpha value is -4.76. The lowest BCUT2D eigenvalue weighted by Gasteiger charge is -2.14. The molecule has 0 saturated carbocycles. The molecule has 0 spiro atoms. The zero-order valence-corrected chi connectivity index (χ0v) is 22.3. The van der Waals surface area contributed by atoms with Gasteiger partial charge in [0.05, 0.1) is 36.1 Å². The molecule has 2 heterocycles. The summed E-state index contributed by atoms with van der Waals surface area (Å²) in [7, 11) is 3.89. The van der Waals surface area contributed by atoms with E-state index in [0.29, 0.717) is 42.5 Å². The van der Waals surface area contributed by atoms with E-state index in [1.54, 1.807) is 0 Å². The number of ether oxygens (including phenoxy) is 1. The summed E-state index contributed by atoms with van der Waals surface area (Å²) < 4.78 is 7.79. The van der Waals surface area contributed by atoms with Crippen LogP contribution in [0.25, 0.3) is 21.8 Å². The first-order valence-corrected chi connectivity index (χ1v) is 12.8. The number of hydrogen-bond donors (Lipinski definition) is 2. The number of rotatable bonds is 10. The van der Waals surface area contributed by atoms with Gasteiger partial charge in [0.15, 0.2) is 0 Å². The molecule has 3 aromatic carbocycles. The van der Waals surface area contributed by atoms with Gasteiger partial charge in [0, 0.05) is 35.1 Å². The van der Waals surface area contributed by atoms with Crippen LogP contribution in [0.3, 0.4) is 0 Å². The van der Waals surface area contributed by atoms with E-state index >= 15 is 0 Å². The van der Waals surface area contributed by atoms with Crippen LogP contribution in [0.5, 0.6) is 5.75 Å². The number of nitrogens with zero attached hydrogens (tertiary/aromatic N) is 5. The summed E-state index contributed by atoms with van der Waals surface area (Å²) in [5.41, 5.74) is 4.37. The maximum atomic E-state index is 12.6. The normalized spacial score (nSPS) is 11.5. The number of aromatic nitrogens is 4. The molecular weight excluding hydrogens is 490 g/mol. The average Bonchev–Trinajstić information content (AvgIpc) is 3.31. The number of amides is 1. The third-order valence-electron chi connectivity index (χ3n) is 6.11. The topological polar surface area (TPSA) is 97.2 Å².